The van der Waals surface area contributed by atoms with Crippen molar-refractivity contribution in [2.24, 2.45) is 10.7 Å². The summed E-state index contributed by atoms with van der Waals surface area (Å²) in [6, 6.07) is 12.0. The van der Waals surface area contributed by atoms with Crippen LogP contribution in [-0.4, -0.2) is 68.1 Å². The van der Waals surface area contributed by atoms with Crippen molar-refractivity contribution in [1.82, 2.24) is 10.2 Å². The first-order chi connectivity index (χ1) is 18.4. The third kappa shape index (κ3) is 8.54. The molecule has 1 heterocycles. The first kappa shape index (κ1) is 30.1. The number of aliphatic hydroxyl groups excluding tert-OH is 1. The fourth-order valence-corrected chi connectivity index (χ4v) is 4.84. The summed E-state index contributed by atoms with van der Waals surface area (Å²) in [5.74, 6) is -0.814. The fraction of sp³-hybridized carbons (Fsp3) is 0.407. The number of hydrogen-bond acceptors (Lipinski definition) is 6. The third-order valence-corrected chi connectivity index (χ3v) is 8.29. The van der Waals surface area contributed by atoms with Crippen molar-refractivity contribution in [3.05, 3.63) is 64.2 Å². The molecule has 39 heavy (non-hydrogen) atoms. The Labute approximate surface area is 234 Å². The average molecular weight is 574 g/mol. The SMILES string of the molecule is CNc1cc(Cl)cc(C(O)C(=O)N2CCC2C(=O)NCc2ccc(/C(N)=N/C(=O)OCC[Si](C)(C)C)cc2)c1. The van der Waals surface area contributed by atoms with E-state index in [0.29, 0.717) is 41.4 Å². The number of anilines is 1. The molecule has 0 aliphatic carbocycles. The van der Waals surface area contributed by atoms with Crippen LogP contribution in [0.15, 0.2) is 47.5 Å². The Bertz CT molecular complexity index is 1230. The van der Waals surface area contributed by atoms with Crippen LogP contribution in [-0.2, 0) is 20.9 Å². The lowest BCUT2D eigenvalue weighted by Crippen LogP contribution is -2.59. The topological polar surface area (TPSA) is 146 Å². The van der Waals surface area contributed by atoms with E-state index < -0.39 is 32.2 Å². The number of amides is 3. The molecule has 210 valence electrons. The van der Waals surface area contributed by atoms with E-state index in [1.165, 1.54) is 11.0 Å². The van der Waals surface area contributed by atoms with Gasteiger partial charge < -0.3 is 31.1 Å². The molecule has 2 atom stereocenters. The van der Waals surface area contributed by atoms with Gasteiger partial charge in [-0.15, -0.1) is 0 Å². The zero-order valence-corrected chi connectivity index (χ0v) is 24.4. The highest BCUT2D eigenvalue weighted by molar-refractivity contribution is 6.76. The summed E-state index contributed by atoms with van der Waals surface area (Å²) < 4.78 is 5.15. The van der Waals surface area contributed by atoms with Crippen LogP contribution in [0.2, 0.25) is 30.7 Å². The lowest BCUT2D eigenvalue weighted by Gasteiger charge is -2.40. The van der Waals surface area contributed by atoms with Crippen LogP contribution in [0, 0.1) is 0 Å². The molecule has 5 N–H and O–H groups in total. The summed E-state index contributed by atoms with van der Waals surface area (Å²) in [5.41, 5.74) is 8.32. The predicted molar refractivity (Wildman–Crippen MR) is 155 cm³/mol. The zero-order valence-electron chi connectivity index (χ0n) is 22.7. The number of aliphatic imine (C=N–C) groups is 1. The molecular weight excluding hydrogens is 538 g/mol. The van der Waals surface area contributed by atoms with Crippen molar-refractivity contribution in [1.29, 1.82) is 0 Å². The average Bonchev–Trinajstić information content (AvgIpc) is 2.85. The van der Waals surface area contributed by atoms with Crippen molar-refractivity contribution < 1.29 is 24.2 Å². The molecule has 2 aromatic carbocycles. The van der Waals surface area contributed by atoms with Crippen LogP contribution in [0.25, 0.3) is 0 Å². The van der Waals surface area contributed by atoms with E-state index in [2.05, 4.69) is 35.3 Å². The Morgan fingerprint density at radius 3 is 2.49 bits per heavy atom. The Kier molecular flexibility index (Phi) is 10.1. The van der Waals surface area contributed by atoms with Crippen molar-refractivity contribution >= 4 is 49.1 Å². The second kappa shape index (κ2) is 13.1. The molecule has 0 aromatic heterocycles. The van der Waals surface area contributed by atoms with Gasteiger partial charge >= 0.3 is 6.09 Å². The van der Waals surface area contributed by atoms with Gasteiger partial charge in [0.25, 0.3) is 5.91 Å². The quantitative estimate of drug-likeness (QED) is 0.193. The molecule has 10 nitrogen and oxygen atoms in total. The first-order valence-corrected chi connectivity index (χ1v) is 16.8. The Balaban J connectivity index is 1.51. The standard InChI is InChI=1S/C27H36ClN5O5Si/c1-30-21-14-19(13-20(28)15-21)23(34)26(36)33-10-9-22(33)25(35)31-16-17-5-7-18(8-6-17)24(29)32-27(37)38-11-12-39(2,3)4/h5-8,13-15,22-23,30,34H,9-12,16H2,1-4H3,(H,31,35)(H2,29,32,37). The lowest BCUT2D eigenvalue weighted by atomic mass is 9.98. The van der Waals surface area contributed by atoms with Crippen LogP contribution in [0.5, 0.6) is 0 Å². The third-order valence-electron chi connectivity index (χ3n) is 6.37. The number of amidine groups is 1. The highest BCUT2D eigenvalue weighted by atomic mass is 35.5. The van der Waals surface area contributed by atoms with E-state index in [-0.39, 0.29) is 18.3 Å². The number of nitrogens with two attached hydrogens (primary N) is 1. The van der Waals surface area contributed by atoms with Gasteiger partial charge in [-0.3, -0.25) is 9.59 Å². The number of rotatable bonds is 10. The molecule has 3 amide bonds. The van der Waals surface area contributed by atoms with Crippen LogP contribution in [0.1, 0.15) is 29.2 Å². The molecule has 0 radical (unpaired) electrons. The highest BCUT2D eigenvalue weighted by Gasteiger charge is 2.40. The zero-order chi connectivity index (χ0) is 28.7. The number of halogens is 1. The molecular formula is C27H36ClN5O5Si. The van der Waals surface area contributed by atoms with Crippen molar-refractivity contribution in [3.8, 4) is 0 Å². The van der Waals surface area contributed by atoms with E-state index in [1.54, 1.807) is 43.4 Å². The summed E-state index contributed by atoms with van der Waals surface area (Å²) in [7, 11) is 0.397. The van der Waals surface area contributed by atoms with Gasteiger partial charge in [0.1, 0.15) is 11.9 Å². The van der Waals surface area contributed by atoms with Crippen molar-refractivity contribution in [2.45, 2.75) is 50.8 Å². The Hall–Kier alpha value is -3.41. The van der Waals surface area contributed by atoms with Crippen molar-refractivity contribution in [2.75, 3.05) is 25.5 Å². The lowest BCUT2D eigenvalue weighted by molar-refractivity contribution is -0.154. The van der Waals surface area contributed by atoms with Gasteiger partial charge in [0.15, 0.2) is 6.10 Å². The number of carbonyl (C=O) groups excluding carboxylic acids is 3. The number of ether oxygens (including phenoxy) is 1. The summed E-state index contributed by atoms with van der Waals surface area (Å²) in [4.78, 5) is 42.7. The van der Waals surface area contributed by atoms with Gasteiger partial charge in [-0.25, -0.2) is 4.79 Å². The molecule has 3 rings (SSSR count). The second-order valence-corrected chi connectivity index (χ2v) is 16.7. The summed E-state index contributed by atoms with van der Waals surface area (Å²) >= 11 is 6.09. The van der Waals surface area contributed by atoms with Crippen LogP contribution < -0.4 is 16.4 Å². The largest absolute Gasteiger partial charge is 0.448 e. The Morgan fingerprint density at radius 1 is 1.21 bits per heavy atom. The van der Waals surface area contributed by atoms with Crippen LogP contribution in [0.4, 0.5) is 10.5 Å². The van der Waals surface area contributed by atoms with E-state index in [0.717, 1.165) is 11.6 Å². The number of likely N-dealkylation sites (tertiary alicyclic amines) is 1. The fourth-order valence-electron chi connectivity index (χ4n) is 3.88. The number of benzene rings is 2. The number of aliphatic hydroxyl groups is 1. The van der Waals surface area contributed by atoms with Crippen molar-refractivity contribution in [3.63, 3.8) is 0 Å². The van der Waals surface area contributed by atoms with Gasteiger partial charge in [-0.1, -0.05) is 55.5 Å². The van der Waals surface area contributed by atoms with Crippen LogP contribution >= 0.6 is 11.6 Å². The molecule has 0 bridgehead atoms. The Morgan fingerprint density at radius 2 is 1.90 bits per heavy atom. The van der Waals surface area contributed by atoms with Crippen LogP contribution in [0.3, 0.4) is 0 Å². The minimum absolute atomic E-state index is 0.0484. The number of nitrogens with one attached hydrogen (secondary N) is 2. The molecule has 2 unspecified atom stereocenters. The molecule has 1 aliphatic heterocycles. The smallest absolute Gasteiger partial charge is 0.435 e. The van der Waals surface area contributed by atoms with Gasteiger partial charge in [-0.05, 0) is 41.8 Å². The van der Waals surface area contributed by atoms with E-state index >= 15 is 0 Å². The number of carbonyl (C=O) groups is 3. The predicted octanol–water partition coefficient (Wildman–Crippen LogP) is 3.51. The molecule has 0 saturated carbocycles. The van der Waals surface area contributed by atoms with E-state index in [4.69, 9.17) is 22.1 Å². The molecule has 0 spiro atoms. The highest BCUT2D eigenvalue weighted by Crippen LogP contribution is 2.28. The second-order valence-electron chi connectivity index (χ2n) is 10.6. The van der Waals surface area contributed by atoms with Gasteiger partial charge in [0.05, 0.1) is 6.61 Å². The number of hydrogen-bond donors (Lipinski definition) is 4. The molecule has 1 saturated heterocycles. The molecule has 1 aliphatic rings. The number of nitrogens with zero attached hydrogens (tertiary/aromatic N) is 2. The summed E-state index contributed by atoms with van der Waals surface area (Å²) in [6.07, 6.45) is -1.64. The van der Waals surface area contributed by atoms with E-state index in [9.17, 15) is 19.5 Å². The molecule has 12 heteroatoms. The molecule has 2 aromatic rings. The van der Waals surface area contributed by atoms with Gasteiger partial charge in [0.2, 0.25) is 5.91 Å². The minimum atomic E-state index is -1.43. The van der Waals surface area contributed by atoms with Gasteiger partial charge in [0, 0.05) is 44.5 Å². The monoisotopic (exact) mass is 573 g/mol. The maximum absolute atomic E-state index is 12.9. The maximum Gasteiger partial charge on any atom is 0.435 e. The minimum Gasteiger partial charge on any atom is -0.448 e. The summed E-state index contributed by atoms with van der Waals surface area (Å²) in [5, 5.41) is 16.8. The normalized spacial score (nSPS) is 16.2. The van der Waals surface area contributed by atoms with E-state index in [1.807, 2.05) is 0 Å². The first-order valence-electron chi connectivity index (χ1n) is 12.7. The van der Waals surface area contributed by atoms with Gasteiger partial charge in [-0.2, -0.15) is 4.99 Å². The maximum atomic E-state index is 12.9. The summed E-state index contributed by atoms with van der Waals surface area (Å²) in [6.45, 7) is 7.51. The molecule has 1 fully saturated rings.